The van der Waals surface area contributed by atoms with Gasteiger partial charge >= 0.3 is 0 Å². The highest BCUT2D eigenvalue weighted by molar-refractivity contribution is 5.95. The zero-order chi connectivity index (χ0) is 32.4. The molecule has 0 spiro atoms. The Morgan fingerprint density at radius 3 is 1.63 bits per heavy atom. The van der Waals surface area contributed by atoms with Crippen LogP contribution >= 0.6 is 0 Å². The maximum atomic E-state index is 12.9. The normalized spacial score (nSPS) is 27.7. The van der Waals surface area contributed by atoms with Crippen molar-refractivity contribution in [3.63, 3.8) is 0 Å². The minimum absolute atomic E-state index is 0.00528. The number of hydrogen-bond donors (Lipinski definition) is 2. The topological polar surface area (TPSA) is 57.5 Å². The molecule has 0 bridgehead atoms. The fraction of sp³-hybridized carbons (Fsp3) is 0.475. The van der Waals surface area contributed by atoms with Gasteiger partial charge in [-0.1, -0.05) is 141 Å². The van der Waals surface area contributed by atoms with Crippen molar-refractivity contribution in [2.24, 2.45) is 16.2 Å². The van der Waals surface area contributed by atoms with E-state index in [-0.39, 0.29) is 22.7 Å². The third kappa shape index (κ3) is 10.9. The van der Waals surface area contributed by atoms with Crippen molar-refractivity contribution in [1.29, 1.82) is 0 Å². The molecule has 0 radical (unpaired) electrons. The molecule has 234 valence electrons. The summed E-state index contributed by atoms with van der Waals surface area (Å²) in [6.45, 7) is 20.9. The summed E-state index contributed by atoms with van der Waals surface area (Å²) in [5.74, 6) is 0.0853. The van der Waals surface area contributed by atoms with Crippen molar-refractivity contribution < 1.29 is 15.0 Å². The second kappa shape index (κ2) is 15.6. The molecular weight excluding hydrogens is 528 g/mol. The van der Waals surface area contributed by atoms with E-state index < -0.39 is 11.5 Å². The Morgan fingerprint density at radius 1 is 0.651 bits per heavy atom. The summed E-state index contributed by atoms with van der Waals surface area (Å²) in [7, 11) is 0. The molecule has 3 nitrogen and oxygen atoms in total. The zero-order valence-electron chi connectivity index (χ0n) is 28.4. The monoisotopic (exact) mass is 584 g/mol. The van der Waals surface area contributed by atoms with Crippen molar-refractivity contribution in [3.05, 3.63) is 119 Å². The first-order chi connectivity index (χ1) is 20.0. The maximum absolute atomic E-state index is 12.9. The molecule has 2 aliphatic rings. The minimum Gasteiger partial charge on any atom is -0.393 e. The van der Waals surface area contributed by atoms with Crippen LogP contribution in [0.2, 0.25) is 0 Å². The van der Waals surface area contributed by atoms with E-state index in [1.54, 1.807) is 6.08 Å². The van der Waals surface area contributed by atoms with E-state index in [9.17, 15) is 15.0 Å². The Balaban J connectivity index is 1.89. The third-order valence-corrected chi connectivity index (χ3v) is 9.18. The summed E-state index contributed by atoms with van der Waals surface area (Å²) >= 11 is 0. The van der Waals surface area contributed by atoms with Crippen molar-refractivity contribution in [3.8, 4) is 0 Å². The molecule has 3 atom stereocenters. The SMILES string of the molecule is CC1=C(/C=C/C(C)=C/C=C/C(C)=C/C=C/C=C(C)/C=C/C=C(C)/C=C/C(=O)[C@]2(C)C[C@@H](O)CC2(C)C)C(C)(C)C[C@@H](O)C1. The molecule has 2 N–H and O–H groups in total. The first-order valence-corrected chi connectivity index (χ1v) is 15.7. The van der Waals surface area contributed by atoms with Gasteiger partial charge in [-0.3, -0.25) is 4.79 Å². The number of carbonyl (C=O) groups is 1. The summed E-state index contributed by atoms with van der Waals surface area (Å²) in [4.78, 5) is 12.9. The van der Waals surface area contributed by atoms with Gasteiger partial charge in [0, 0.05) is 5.41 Å². The van der Waals surface area contributed by atoms with Crippen LogP contribution < -0.4 is 0 Å². The van der Waals surface area contributed by atoms with E-state index in [0.29, 0.717) is 12.8 Å². The Kier molecular flexibility index (Phi) is 13.2. The molecule has 43 heavy (non-hydrogen) atoms. The molecule has 0 aromatic carbocycles. The molecule has 0 aliphatic heterocycles. The number of allylic oxidation sites excluding steroid dienone is 19. The molecule has 0 saturated heterocycles. The van der Waals surface area contributed by atoms with Gasteiger partial charge in [0.1, 0.15) is 0 Å². The van der Waals surface area contributed by atoms with Crippen LogP contribution in [0.4, 0.5) is 0 Å². The van der Waals surface area contributed by atoms with Crippen LogP contribution in [0.25, 0.3) is 0 Å². The van der Waals surface area contributed by atoms with Crippen LogP contribution in [0.3, 0.4) is 0 Å². The van der Waals surface area contributed by atoms with Crippen molar-refractivity contribution >= 4 is 5.78 Å². The Hall–Kier alpha value is -3.01. The van der Waals surface area contributed by atoms with Gasteiger partial charge in [0.05, 0.1) is 12.2 Å². The van der Waals surface area contributed by atoms with E-state index in [2.05, 4.69) is 97.9 Å². The molecule has 0 heterocycles. The van der Waals surface area contributed by atoms with E-state index in [1.807, 2.05) is 50.3 Å². The summed E-state index contributed by atoms with van der Waals surface area (Å²) in [6, 6.07) is 0. The molecule has 0 aromatic rings. The lowest BCUT2D eigenvalue weighted by molar-refractivity contribution is -0.127. The highest BCUT2D eigenvalue weighted by atomic mass is 16.3. The first kappa shape index (κ1) is 36.2. The fourth-order valence-corrected chi connectivity index (χ4v) is 6.19. The van der Waals surface area contributed by atoms with Crippen LogP contribution in [0.15, 0.2) is 119 Å². The third-order valence-electron chi connectivity index (χ3n) is 9.18. The quantitative estimate of drug-likeness (QED) is 0.188. The predicted molar refractivity (Wildman–Crippen MR) is 185 cm³/mol. The predicted octanol–water partition coefficient (Wildman–Crippen LogP) is 9.81. The average molecular weight is 585 g/mol. The Bertz CT molecular complexity index is 1310. The number of carbonyl (C=O) groups excluding carboxylic acids is 1. The molecule has 1 saturated carbocycles. The molecule has 2 aliphatic carbocycles. The number of aliphatic hydroxyl groups is 2. The first-order valence-electron chi connectivity index (χ1n) is 15.7. The van der Waals surface area contributed by atoms with Gasteiger partial charge < -0.3 is 10.2 Å². The van der Waals surface area contributed by atoms with Gasteiger partial charge in [-0.25, -0.2) is 0 Å². The fourth-order valence-electron chi connectivity index (χ4n) is 6.19. The average Bonchev–Trinajstić information content (AvgIpc) is 3.10. The lowest BCUT2D eigenvalue weighted by Crippen LogP contribution is -2.36. The second-order valence-corrected chi connectivity index (χ2v) is 14.2. The van der Waals surface area contributed by atoms with E-state index in [4.69, 9.17) is 0 Å². The van der Waals surface area contributed by atoms with E-state index in [0.717, 1.165) is 29.6 Å². The van der Waals surface area contributed by atoms with Gasteiger partial charge in [-0.05, 0) is 82.8 Å². The van der Waals surface area contributed by atoms with Crippen LogP contribution in [0.5, 0.6) is 0 Å². The lowest BCUT2D eigenvalue weighted by Gasteiger charge is -2.35. The number of hydrogen-bond acceptors (Lipinski definition) is 3. The molecule has 3 heteroatoms. The smallest absolute Gasteiger partial charge is 0.162 e. The van der Waals surface area contributed by atoms with Crippen molar-refractivity contribution in [2.75, 3.05) is 0 Å². The number of aliphatic hydroxyl groups excluding tert-OH is 2. The van der Waals surface area contributed by atoms with Gasteiger partial charge in [0.2, 0.25) is 0 Å². The van der Waals surface area contributed by atoms with Crippen molar-refractivity contribution in [1.82, 2.24) is 0 Å². The highest BCUT2D eigenvalue weighted by Gasteiger charge is 2.52. The Labute approximate surface area is 262 Å². The van der Waals surface area contributed by atoms with Gasteiger partial charge in [-0.15, -0.1) is 0 Å². The standard InChI is InChI=1S/C40H56O3/c1-29(17-13-19-31(3)21-23-36-33(5)25-34(41)26-38(36,6)7)15-11-12-16-30(2)18-14-20-32(4)22-24-37(43)40(10)28-35(42)27-39(40,8)9/h11-24,34-35,41-42H,25-28H2,1-10H3/b12-11+,17-13+,18-14+,23-21+,24-22+,29-15+,30-16+,31-19+,32-20+/t34-,35-,40-/m0/s1. The number of ketones is 1. The van der Waals surface area contributed by atoms with Crippen LogP contribution in [0, 0.1) is 16.2 Å². The van der Waals surface area contributed by atoms with Crippen LogP contribution in [0.1, 0.15) is 94.9 Å². The molecule has 1 fully saturated rings. The van der Waals surface area contributed by atoms with E-state index in [1.165, 1.54) is 16.7 Å². The maximum Gasteiger partial charge on any atom is 0.162 e. The molecule has 0 unspecified atom stereocenters. The molecular formula is C40H56O3. The van der Waals surface area contributed by atoms with Gasteiger partial charge in [0.25, 0.3) is 0 Å². The molecule has 2 rings (SSSR count). The summed E-state index contributed by atoms with van der Waals surface area (Å²) in [6.07, 6.45) is 30.6. The number of rotatable bonds is 11. The largest absolute Gasteiger partial charge is 0.393 e. The van der Waals surface area contributed by atoms with Crippen LogP contribution in [-0.4, -0.2) is 28.2 Å². The lowest BCUT2D eigenvalue weighted by atomic mass is 9.66. The van der Waals surface area contributed by atoms with E-state index >= 15 is 0 Å². The van der Waals surface area contributed by atoms with Gasteiger partial charge in [-0.2, -0.15) is 0 Å². The summed E-state index contributed by atoms with van der Waals surface area (Å²) in [5, 5.41) is 20.2. The zero-order valence-corrected chi connectivity index (χ0v) is 28.4. The summed E-state index contributed by atoms with van der Waals surface area (Å²) in [5.41, 5.74) is 6.34. The Morgan fingerprint density at radius 2 is 1.14 bits per heavy atom. The highest BCUT2D eigenvalue weighted by Crippen LogP contribution is 2.53. The second-order valence-electron chi connectivity index (χ2n) is 14.2. The van der Waals surface area contributed by atoms with Gasteiger partial charge in [0.15, 0.2) is 5.78 Å². The molecule has 0 amide bonds. The summed E-state index contributed by atoms with van der Waals surface area (Å²) < 4.78 is 0. The molecule has 0 aromatic heterocycles. The van der Waals surface area contributed by atoms with Crippen molar-refractivity contribution in [2.45, 2.75) is 107 Å². The minimum atomic E-state index is -0.532. The van der Waals surface area contributed by atoms with Crippen LogP contribution in [-0.2, 0) is 4.79 Å².